The summed E-state index contributed by atoms with van der Waals surface area (Å²) in [5, 5.41) is 5.74. The molecule has 2 rings (SSSR count). The molecule has 0 radical (unpaired) electrons. The number of amides is 1. The summed E-state index contributed by atoms with van der Waals surface area (Å²) in [4.78, 5) is 12.2. The van der Waals surface area contributed by atoms with Crippen LogP contribution in [-0.4, -0.2) is 11.9 Å². The Labute approximate surface area is 117 Å². The molecule has 0 saturated heterocycles. The lowest BCUT2D eigenvalue weighted by Crippen LogP contribution is -2.34. The van der Waals surface area contributed by atoms with Gasteiger partial charge >= 0.3 is 0 Å². The molecule has 0 bridgehead atoms. The second-order valence-corrected chi connectivity index (χ2v) is 4.44. The van der Waals surface area contributed by atoms with Gasteiger partial charge in [0.1, 0.15) is 11.9 Å². The fourth-order valence-corrected chi connectivity index (χ4v) is 1.87. The van der Waals surface area contributed by atoms with Gasteiger partial charge in [-0.15, -0.1) is 0 Å². The van der Waals surface area contributed by atoms with Crippen LogP contribution in [0.15, 0.2) is 54.6 Å². The minimum atomic E-state index is -0.480. The monoisotopic (exact) mass is 272 g/mol. The molecule has 0 fully saturated rings. The summed E-state index contributed by atoms with van der Waals surface area (Å²) in [7, 11) is 0. The molecule has 0 saturated carbocycles. The van der Waals surface area contributed by atoms with Crippen LogP contribution in [0.4, 0.5) is 15.8 Å². The second kappa shape index (κ2) is 6.70. The molecule has 1 atom stereocenters. The van der Waals surface area contributed by atoms with Gasteiger partial charge in [0.15, 0.2) is 0 Å². The van der Waals surface area contributed by atoms with Crippen molar-refractivity contribution < 1.29 is 9.18 Å². The van der Waals surface area contributed by atoms with Gasteiger partial charge < -0.3 is 10.6 Å². The summed E-state index contributed by atoms with van der Waals surface area (Å²) in [5.74, 6) is -0.541. The molecule has 0 heterocycles. The van der Waals surface area contributed by atoms with E-state index in [1.165, 1.54) is 6.07 Å². The Morgan fingerprint density at radius 1 is 1.10 bits per heavy atom. The molecule has 0 aromatic heterocycles. The third-order valence-electron chi connectivity index (χ3n) is 2.97. The van der Waals surface area contributed by atoms with E-state index in [9.17, 15) is 9.18 Å². The molecule has 0 aliphatic carbocycles. The lowest BCUT2D eigenvalue weighted by atomic mass is 10.2. The Balaban J connectivity index is 2.05. The van der Waals surface area contributed by atoms with E-state index in [1.54, 1.807) is 18.2 Å². The molecule has 2 N–H and O–H groups in total. The number of nitrogens with one attached hydrogen (secondary N) is 2. The summed E-state index contributed by atoms with van der Waals surface area (Å²) in [5.41, 5.74) is 1.06. The van der Waals surface area contributed by atoms with Crippen molar-refractivity contribution in [2.75, 3.05) is 10.6 Å². The lowest BCUT2D eigenvalue weighted by Gasteiger charge is -2.18. The number of carbonyl (C=O) groups is 1. The van der Waals surface area contributed by atoms with Gasteiger partial charge in [0.2, 0.25) is 5.91 Å². The van der Waals surface area contributed by atoms with Gasteiger partial charge in [-0.2, -0.15) is 0 Å². The second-order valence-electron chi connectivity index (χ2n) is 4.44. The van der Waals surface area contributed by atoms with Crippen LogP contribution in [0.2, 0.25) is 0 Å². The number of hydrogen-bond acceptors (Lipinski definition) is 2. The van der Waals surface area contributed by atoms with Crippen molar-refractivity contribution in [2.45, 2.75) is 19.4 Å². The number of benzene rings is 2. The average molecular weight is 272 g/mol. The standard InChI is InChI=1S/C16H17FN2O/c1-2-14(19-15-11-7-6-10-13(15)17)16(20)18-12-8-4-3-5-9-12/h3-11,14,19H,2H2,1H3,(H,18,20)/t14-/m1/s1. The first-order chi connectivity index (χ1) is 9.70. The Morgan fingerprint density at radius 3 is 2.40 bits per heavy atom. The molecule has 1 amide bonds. The van der Waals surface area contributed by atoms with Gasteiger partial charge in [-0.05, 0) is 30.7 Å². The van der Waals surface area contributed by atoms with Crippen molar-refractivity contribution in [2.24, 2.45) is 0 Å². The Morgan fingerprint density at radius 2 is 1.75 bits per heavy atom. The first kappa shape index (κ1) is 14.1. The van der Waals surface area contributed by atoms with Gasteiger partial charge in [-0.25, -0.2) is 4.39 Å². The molecule has 3 nitrogen and oxygen atoms in total. The van der Waals surface area contributed by atoms with Crippen molar-refractivity contribution in [1.82, 2.24) is 0 Å². The van der Waals surface area contributed by atoms with Crippen LogP contribution >= 0.6 is 0 Å². The van der Waals surface area contributed by atoms with E-state index in [1.807, 2.05) is 37.3 Å². The van der Waals surface area contributed by atoms with Gasteiger partial charge in [0, 0.05) is 5.69 Å². The third-order valence-corrected chi connectivity index (χ3v) is 2.97. The normalized spacial score (nSPS) is 11.7. The van der Waals surface area contributed by atoms with E-state index >= 15 is 0 Å². The molecule has 2 aromatic carbocycles. The number of hydrogen-bond donors (Lipinski definition) is 2. The number of rotatable bonds is 5. The van der Waals surface area contributed by atoms with Crippen LogP contribution in [0.3, 0.4) is 0 Å². The lowest BCUT2D eigenvalue weighted by molar-refractivity contribution is -0.116. The van der Waals surface area contributed by atoms with Crippen LogP contribution in [0.1, 0.15) is 13.3 Å². The Kier molecular flexibility index (Phi) is 4.71. The Hall–Kier alpha value is -2.36. The highest BCUT2D eigenvalue weighted by Crippen LogP contribution is 2.15. The predicted molar refractivity (Wildman–Crippen MR) is 79.2 cm³/mol. The summed E-state index contributed by atoms with van der Waals surface area (Å²) < 4.78 is 13.6. The predicted octanol–water partition coefficient (Wildman–Crippen LogP) is 3.65. The van der Waals surface area contributed by atoms with Gasteiger partial charge in [-0.1, -0.05) is 37.3 Å². The van der Waals surface area contributed by atoms with E-state index in [-0.39, 0.29) is 11.7 Å². The maximum Gasteiger partial charge on any atom is 0.246 e. The van der Waals surface area contributed by atoms with Crippen molar-refractivity contribution in [1.29, 1.82) is 0 Å². The zero-order valence-electron chi connectivity index (χ0n) is 11.3. The minimum absolute atomic E-state index is 0.179. The maximum absolute atomic E-state index is 13.6. The molecule has 0 unspecified atom stereocenters. The highest BCUT2D eigenvalue weighted by molar-refractivity contribution is 5.96. The molecule has 0 aliphatic rings. The SMILES string of the molecule is CC[C@@H](Nc1ccccc1F)C(=O)Nc1ccccc1. The zero-order chi connectivity index (χ0) is 14.4. The number of carbonyl (C=O) groups excluding carboxylic acids is 1. The summed E-state index contributed by atoms with van der Waals surface area (Å²) in [6.07, 6.45) is 0.563. The van der Waals surface area contributed by atoms with Crippen molar-refractivity contribution in [3.63, 3.8) is 0 Å². The van der Waals surface area contributed by atoms with Crippen LogP contribution in [0.25, 0.3) is 0 Å². The van der Waals surface area contributed by atoms with Crippen LogP contribution in [0, 0.1) is 5.82 Å². The van der Waals surface area contributed by atoms with Gasteiger partial charge in [0.05, 0.1) is 5.69 Å². The van der Waals surface area contributed by atoms with Crippen LogP contribution in [-0.2, 0) is 4.79 Å². The topological polar surface area (TPSA) is 41.1 Å². The zero-order valence-corrected chi connectivity index (χ0v) is 11.3. The number of halogens is 1. The highest BCUT2D eigenvalue weighted by atomic mass is 19.1. The van der Waals surface area contributed by atoms with E-state index in [0.717, 1.165) is 5.69 Å². The van der Waals surface area contributed by atoms with E-state index in [2.05, 4.69) is 10.6 Å². The highest BCUT2D eigenvalue weighted by Gasteiger charge is 2.17. The Bertz CT molecular complexity index is 572. The van der Waals surface area contributed by atoms with E-state index in [4.69, 9.17) is 0 Å². The number of anilines is 2. The van der Waals surface area contributed by atoms with Crippen LogP contribution in [0.5, 0.6) is 0 Å². The van der Waals surface area contributed by atoms with E-state index < -0.39 is 6.04 Å². The van der Waals surface area contributed by atoms with Gasteiger partial charge in [0.25, 0.3) is 0 Å². The summed E-state index contributed by atoms with van der Waals surface area (Å²) in [6.45, 7) is 1.88. The first-order valence-electron chi connectivity index (χ1n) is 6.57. The molecule has 0 spiro atoms. The largest absolute Gasteiger partial charge is 0.371 e. The van der Waals surface area contributed by atoms with E-state index in [0.29, 0.717) is 12.1 Å². The van der Waals surface area contributed by atoms with Crippen LogP contribution < -0.4 is 10.6 Å². The smallest absolute Gasteiger partial charge is 0.246 e. The summed E-state index contributed by atoms with van der Waals surface area (Å²) in [6, 6.07) is 15.1. The molecule has 2 aromatic rings. The van der Waals surface area contributed by atoms with Crippen molar-refractivity contribution in [3.8, 4) is 0 Å². The fourth-order valence-electron chi connectivity index (χ4n) is 1.87. The molecular formula is C16H17FN2O. The average Bonchev–Trinajstić information content (AvgIpc) is 2.47. The first-order valence-corrected chi connectivity index (χ1v) is 6.57. The minimum Gasteiger partial charge on any atom is -0.371 e. The summed E-state index contributed by atoms with van der Waals surface area (Å²) >= 11 is 0. The molecule has 0 aliphatic heterocycles. The van der Waals surface area contributed by atoms with Crippen molar-refractivity contribution in [3.05, 3.63) is 60.4 Å². The molecular weight excluding hydrogens is 255 g/mol. The van der Waals surface area contributed by atoms with Gasteiger partial charge in [-0.3, -0.25) is 4.79 Å². The molecule has 4 heteroatoms. The van der Waals surface area contributed by atoms with Crippen molar-refractivity contribution >= 4 is 17.3 Å². The third kappa shape index (κ3) is 3.57. The maximum atomic E-state index is 13.6. The molecule has 20 heavy (non-hydrogen) atoms. The number of para-hydroxylation sites is 2. The fraction of sp³-hybridized carbons (Fsp3) is 0.188. The molecule has 104 valence electrons. The quantitative estimate of drug-likeness (QED) is 0.872.